The number of nitrogens with zero attached hydrogens (tertiary/aromatic N) is 1. The van der Waals surface area contributed by atoms with Gasteiger partial charge in [0, 0.05) is 44.3 Å². The molecule has 1 aromatic carbocycles. The summed E-state index contributed by atoms with van der Waals surface area (Å²) in [5, 5.41) is 15.9. The van der Waals surface area contributed by atoms with Crippen molar-refractivity contribution in [2.24, 2.45) is 10.4 Å². The summed E-state index contributed by atoms with van der Waals surface area (Å²) in [6, 6.07) is 7.91. The molecule has 1 aliphatic rings. The maximum absolute atomic E-state index is 9.28. The van der Waals surface area contributed by atoms with Gasteiger partial charge in [-0.3, -0.25) is 4.99 Å². The van der Waals surface area contributed by atoms with Gasteiger partial charge >= 0.3 is 0 Å². The second kappa shape index (κ2) is 8.74. The maximum Gasteiger partial charge on any atom is 0.191 e. The highest BCUT2D eigenvalue weighted by Gasteiger charge is 2.34. The molecule has 1 atom stereocenters. The lowest BCUT2D eigenvalue weighted by atomic mass is 9.84. The van der Waals surface area contributed by atoms with Crippen LogP contribution < -0.4 is 15.4 Å². The summed E-state index contributed by atoms with van der Waals surface area (Å²) in [5.41, 5.74) is 1.07. The topological polar surface area (TPSA) is 75.1 Å². The van der Waals surface area contributed by atoms with Gasteiger partial charge in [-0.15, -0.1) is 0 Å². The molecule has 1 aliphatic heterocycles. The minimum absolute atomic E-state index is 0.00317. The van der Waals surface area contributed by atoms with E-state index in [1.165, 1.54) is 0 Å². The molecule has 0 spiro atoms. The third-order valence-corrected chi connectivity index (χ3v) is 4.32. The predicted octanol–water partition coefficient (Wildman–Crippen LogP) is 1.15. The Morgan fingerprint density at radius 2 is 2.22 bits per heavy atom. The average Bonchev–Trinajstić information content (AvgIpc) is 3.04. The number of aliphatic hydroxyl groups is 1. The van der Waals surface area contributed by atoms with E-state index in [4.69, 9.17) is 9.47 Å². The van der Waals surface area contributed by atoms with Gasteiger partial charge in [0.2, 0.25) is 0 Å². The zero-order valence-electron chi connectivity index (χ0n) is 14.0. The summed E-state index contributed by atoms with van der Waals surface area (Å²) in [6.45, 7) is 2.99. The number of nitrogens with one attached hydrogen (secondary N) is 2. The van der Waals surface area contributed by atoms with Gasteiger partial charge in [0.05, 0.1) is 13.7 Å². The standard InChI is InChI=1S/C17H27N3O3/c1-18-16(19-11-14-5-3-4-6-15(14)22-2)20-12-17(7-9-21)8-10-23-13-17/h3-6,21H,7-13H2,1-2H3,(H2,18,19,20). The molecule has 2 rings (SSSR count). The normalized spacial score (nSPS) is 21.3. The van der Waals surface area contributed by atoms with Crippen LogP contribution in [0.5, 0.6) is 5.75 Å². The lowest BCUT2D eigenvalue weighted by molar-refractivity contribution is 0.127. The fourth-order valence-corrected chi connectivity index (χ4v) is 2.83. The Hall–Kier alpha value is -1.79. The van der Waals surface area contributed by atoms with Crippen molar-refractivity contribution in [3.63, 3.8) is 0 Å². The number of guanidine groups is 1. The third-order valence-electron chi connectivity index (χ3n) is 4.32. The Morgan fingerprint density at radius 3 is 2.87 bits per heavy atom. The smallest absolute Gasteiger partial charge is 0.191 e. The van der Waals surface area contributed by atoms with Crippen LogP contribution in [0.4, 0.5) is 0 Å². The highest BCUT2D eigenvalue weighted by atomic mass is 16.5. The molecule has 1 heterocycles. The van der Waals surface area contributed by atoms with E-state index in [1.54, 1.807) is 14.2 Å². The summed E-state index contributed by atoms with van der Waals surface area (Å²) in [6.07, 6.45) is 1.70. The summed E-state index contributed by atoms with van der Waals surface area (Å²) in [5.74, 6) is 1.59. The molecule has 0 aromatic heterocycles. The van der Waals surface area contributed by atoms with Gasteiger partial charge in [-0.25, -0.2) is 0 Å². The number of ether oxygens (including phenoxy) is 2. The first kappa shape index (κ1) is 17.6. The minimum atomic E-state index is -0.00317. The van der Waals surface area contributed by atoms with Crippen LogP contribution in [0, 0.1) is 5.41 Å². The molecule has 0 aliphatic carbocycles. The Bertz CT molecular complexity index is 514. The monoisotopic (exact) mass is 321 g/mol. The molecule has 0 amide bonds. The van der Waals surface area contributed by atoms with E-state index in [1.807, 2.05) is 24.3 Å². The zero-order chi connectivity index (χ0) is 16.5. The Morgan fingerprint density at radius 1 is 1.39 bits per heavy atom. The molecular weight excluding hydrogens is 294 g/mol. The fourth-order valence-electron chi connectivity index (χ4n) is 2.83. The van der Waals surface area contributed by atoms with Crippen LogP contribution in [-0.4, -0.2) is 51.6 Å². The molecule has 23 heavy (non-hydrogen) atoms. The number of rotatable bonds is 7. The minimum Gasteiger partial charge on any atom is -0.496 e. The SMILES string of the molecule is CN=C(NCc1ccccc1OC)NCC1(CCO)CCOC1. The summed E-state index contributed by atoms with van der Waals surface area (Å²) in [4.78, 5) is 4.26. The van der Waals surface area contributed by atoms with Gasteiger partial charge in [0.1, 0.15) is 5.75 Å². The number of methoxy groups -OCH3 is 1. The number of hydrogen-bond donors (Lipinski definition) is 3. The molecule has 1 fully saturated rings. The Kier molecular flexibility index (Phi) is 6.67. The van der Waals surface area contributed by atoms with Crippen LogP contribution in [0.2, 0.25) is 0 Å². The number of hydrogen-bond acceptors (Lipinski definition) is 4. The first-order chi connectivity index (χ1) is 11.2. The molecular formula is C17H27N3O3. The maximum atomic E-state index is 9.28. The summed E-state index contributed by atoms with van der Waals surface area (Å²) < 4.78 is 10.9. The van der Waals surface area contributed by atoms with E-state index in [-0.39, 0.29) is 12.0 Å². The number of aliphatic imine (C=N–C) groups is 1. The molecule has 0 radical (unpaired) electrons. The highest BCUT2D eigenvalue weighted by molar-refractivity contribution is 5.79. The van der Waals surface area contributed by atoms with Crippen molar-refractivity contribution in [2.75, 3.05) is 40.5 Å². The predicted molar refractivity (Wildman–Crippen MR) is 90.8 cm³/mol. The van der Waals surface area contributed by atoms with E-state index in [9.17, 15) is 5.11 Å². The summed E-state index contributed by atoms with van der Waals surface area (Å²) >= 11 is 0. The second-order valence-electron chi connectivity index (χ2n) is 5.87. The summed E-state index contributed by atoms with van der Waals surface area (Å²) in [7, 11) is 3.42. The van der Waals surface area contributed by atoms with Crippen LogP contribution in [0.25, 0.3) is 0 Å². The van der Waals surface area contributed by atoms with Crippen LogP contribution in [0.15, 0.2) is 29.3 Å². The van der Waals surface area contributed by atoms with Gasteiger partial charge in [-0.05, 0) is 18.9 Å². The van der Waals surface area contributed by atoms with Crippen LogP contribution >= 0.6 is 0 Å². The van der Waals surface area contributed by atoms with Gasteiger partial charge in [0.15, 0.2) is 5.96 Å². The van der Waals surface area contributed by atoms with Crippen molar-refractivity contribution in [1.82, 2.24) is 10.6 Å². The number of aliphatic hydroxyl groups excluding tert-OH is 1. The number of para-hydroxylation sites is 1. The average molecular weight is 321 g/mol. The molecule has 6 nitrogen and oxygen atoms in total. The molecule has 0 saturated carbocycles. The van der Waals surface area contributed by atoms with Crippen molar-refractivity contribution >= 4 is 5.96 Å². The van der Waals surface area contributed by atoms with E-state index >= 15 is 0 Å². The van der Waals surface area contributed by atoms with Crippen molar-refractivity contribution in [3.05, 3.63) is 29.8 Å². The molecule has 1 saturated heterocycles. The van der Waals surface area contributed by atoms with Gasteiger partial charge < -0.3 is 25.2 Å². The van der Waals surface area contributed by atoms with E-state index in [0.717, 1.165) is 43.3 Å². The first-order valence-electron chi connectivity index (χ1n) is 7.98. The highest BCUT2D eigenvalue weighted by Crippen LogP contribution is 2.31. The first-order valence-corrected chi connectivity index (χ1v) is 7.98. The van der Waals surface area contributed by atoms with Gasteiger partial charge in [-0.2, -0.15) is 0 Å². The van der Waals surface area contributed by atoms with Crippen molar-refractivity contribution in [3.8, 4) is 5.75 Å². The van der Waals surface area contributed by atoms with Crippen LogP contribution in [-0.2, 0) is 11.3 Å². The largest absolute Gasteiger partial charge is 0.496 e. The number of benzene rings is 1. The molecule has 0 bridgehead atoms. The van der Waals surface area contributed by atoms with E-state index in [2.05, 4.69) is 15.6 Å². The molecule has 6 heteroatoms. The van der Waals surface area contributed by atoms with Crippen LogP contribution in [0.1, 0.15) is 18.4 Å². The van der Waals surface area contributed by atoms with E-state index in [0.29, 0.717) is 13.2 Å². The van der Waals surface area contributed by atoms with Crippen molar-refractivity contribution in [2.45, 2.75) is 19.4 Å². The molecule has 128 valence electrons. The lowest BCUT2D eigenvalue weighted by Crippen LogP contribution is -2.44. The molecule has 3 N–H and O–H groups in total. The van der Waals surface area contributed by atoms with Crippen molar-refractivity contribution < 1.29 is 14.6 Å². The van der Waals surface area contributed by atoms with E-state index < -0.39 is 0 Å². The zero-order valence-corrected chi connectivity index (χ0v) is 14.0. The molecule has 1 aromatic rings. The Labute approximate surface area is 137 Å². The van der Waals surface area contributed by atoms with Crippen LogP contribution in [0.3, 0.4) is 0 Å². The second-order valence-corrected chi connectivity index (χ2v) is 5.87. The van der Waals surface area contributed by atoms with Crippen molar-refractivity contribution in [1.29, 1.82) is 0 Å². The Balaban J connectivity index is 1.88. The fraction of sp³-hybridized carbons (Fsp3) is 0.588. The quantitative estimate of drug-likeness (QED) is 0.519. The lowest BCUT2D eigenvalue weighted by Gasteiger charge is -2.27. The van der Waals surface area contributed by atoms with Gasteiger partial charge in [0.25, 0.3) is 0 Å². The third kappa shape index (κ3) is 4.84. The molecule has 1 unspecified atom stereocenters. The van der Waals surface area contributed by atoms with Gasteiger partial charge in [-0.1, -0.05) is 18.2 Å².